The minimum absolute atomic E-state index is 1.11. The van der Waals surface area contributed by atoms with Crippen molar-refractivity contribution in [2.24, 2.45) is 0 Å². The third-order valence-corrected chi connectivity index (χ3v) is 13.0. The van der Waals surface area contributed by atoms with Gasteiger partial charge < -0.3 is 9.80 Å². The van der Waals surface area contributed by atoms with Crippen molar-refractivity contribution >= 4 is 88.0 Å². The number of rotatable bonds is 8. The first-order valence-electron chi connectivity index (χ1n) is 22.2. The molecule has 0 radical (unpaired) electrons. The highest BCUT2D eigenvalue weighted by Crippen LogP contribution is 2.51. The van der Waals surface area contributed by atoms with Gasteiger partial charge in [-0.3, -0.25) is 0 Å². The minimum atomic E-state index is 1.11. The predicted molar refractivity (Wildman–Crippen MR) is 275 cm³/mol. The molecule has 0 aliphatic heterocycles. The highest BCUT2D eigenvalue weighted by molar-refractivity contribution is 6.31. The molecule has 2 nitrogen and oxygen atoms in total. The average molecular weight is 817 g/mol. The van der Waals surface area contributed by atoms with Crippen LogP contribution in [-0.2, 0) is 0 Å². The molecule has 0 saturated heterocycles. The standard InChI is InChI=1S/C62H44N2/c1-41-21-27-53(28-22-41)63(55-31-25-45-17-9-11-19-47(45)35-55)59-39-51-33-50(44-15-7-4-8-16-44)38-58-60(40-52-34-49(43-13-5-3-6-14-43)37-57(59)61(52)62(51)58)64(54-29-23-42(2)24-30-54)56-32-26-46-18-10-12-20-48(46)36-56/h3-40H,1-2H3. The summed E-state index contributed by atoms with van der Waals surface area (Å²) in [6, 6.07) is 85.3. The molecule has 0 unspecified atom stereocenters. The molecule has 0 bridgehead atoms. The molecule has 0 heterocycles. The van der Waals surface area contributed by atoms with Gasteiger partial charge in [-0.15, -0.1) is 0 Å². The van der Waals surface area contributed by atoms with E-state index in [9.17, 15) is 0 Å². The number of benzene rings is 12. The van der Waals surface area contributed by atoms with Gasteiger partial charge in [-0.2, -0.15) is 0 Å². The molecule has 302 valence electrons. The van der Waals surface area contributed by atoms with Gasteiger partial charge in [-0.05, 0) is 164 Å². The third-order valence-electron chi connectivity index (χ3n) is 13.0. The SMILES string of the molecule is Cc1ccc(N(c2ccc3ccccc3c2)c2cc3cc(-c4ccccc4)cc4c(N(c5ccc(C)cc5)c5ccc6ccccc6c5)cc5cc(-c6ccccc6)cc2c5c34)cc1. The van der Waals surface area contributed by atoms with E-state index in [0.717, 1.165) is 34.1 Å². The van der Waals surface area contributed by atoms with E-state index < -0.39 is 0 Å². The highest BCUT2D eigenvalue weighted by Gasteiger charge is 2.25. The lowest BCUT2D eigenvalue weighted by atomic mass is 9.87. The van der Waals surface area contributed by atoms with Crippen LogP contribution in [0.1, 0.15) is 11.1 Å². The fourth-order valence-corrected chi connectivity index (χ4v) is 9.81. The molecule has 0 N–H and O–H groups in total. The van der Waals surface area contributed by atoms with Crippen LogP contribution >= 0.6 is 0 Å². The molecule has 0 aliphatic carbocycles. The van der Waals surface area contributed by atoms with Crippen LogP contribution in [0.15, 0.2) is 231 Å². The summed E-state index contributed by atoms with van der Waals surface area (Å²) in [6.07, 6.45) is 0. The Morgan fingerprint density at radius 1 is 0.250 bits per heavy atom. The van der Waals surface area contributed by atoms with E-state index in [1.54, 1.807) is 0 Å². The van der Waals surface area contributed by atoms with E-state index in [-0.39, 0.29) is 0 Å². The zero-order valence-electron chi connectivity index (χ0n) is 35.8. The second kappa shape index (κ2) is 15.3. The van der Waals surface area contributed by atoms with Crippen molar-refractivity contribution in [2.75, 3.05) is 9.80 Å². The van der Waals surface area contributed by atoms with Crippen LogP contribution < -0.4 is 9.80 Å². The summed E-state index contributed by atoms with van der Waals surface area (Å²) >= 11 is 0. The second-order valence-electron chi connectivity index (χ2n) is 17.2. The smallest absolute Gasteiger partial charge is 0.0546 e. The average Bonchev–Trinajstić information content (AvgIpc) is 3.35. The molecular weight excluding hydrogens is 773 g/mol. The molecule has 0 atom stereocenters. The van der Waals surface area contributed by atoms with Crippen LogP contribution in [0.25, 0.3) is 76.1 Å². The Morgan fingerprint density at radius 2 is 0.609 bits per heavy atom. The van der Waals surface area contributed by atoms with Crippen molar-refractivity contribution in [3.63, 3.8) is 0 Å². The van der Waals surface area contributed by atoms with Crippen LogP contribution in [-0.4, -0.2) is 0 Å². The zero-order valence-corrected chi connectivity index (χ0v) is 35.8. The van der Waals surface area contributed by atoms with Crippen molar-refractivity contribution in [1.82, 2.24) is 0 Å². The monoisotopic (exact) mass is 816 g/mol. The molecule has 2 heteroatoms. The van der Waals surface area contributed by atoms with E-state index in [1.807, 2.05) is 0 Å². The normalized spacial score (nSPS) is 11.6. The van der Waals surface area contributed by atoms with Crippen molar-refractivity contribution in [2.45, 2.75) is 13.8 Å². The molecule has 0 fully saturated rings. The van der Waals surface area contributed by atoms with Crippen molar-refractivity contribution in [3.05, 3.63) is 242 Å². The van der Waals surface area contributed by atoms with E-state index in [2.05, 4.69) is 254 Å². The lowest BCUT2D eigenvalue weighted by molar-refractivity contribution is 1.29. The van der Waals surface area contributed by atoms with Crippen LogP contribution in [0.2, 0.25) is 0 Å². The lowest BCUT2D eigenvalue weighted by Crippen LogP contribution is -2.12. The minimum Gasteiger partial charge on any atom is -0.310 e. The molecular formula is C62H44N2. The molecule has 12 rings (SSSR count). The highest BCUT2D eigenvalue weighted by atomic mass is 15.2. The number of nitrogens with zero attached hydrogens (tertiary/aromatic N) is 2. The van der Waals surface area contributed by atoms with Gasteiger partial charge in [0.2, 0.25) is 0 Å². The largest absolute Gasteiger partial charge is 0.310 e. The summed E-state index contributed by atoms with van der Waals surface area (Å²) in [4.78, 5) is 4.95. The zero-order chi connectivity index (χ0) is 42.7. The quantitative estimate of drug-likeness (QED) is 0.141. The first kappa shape index (κ1) is 37.6. The molecule has 0 spiro atoms. The molecule has 0 aliphatic rings. The van der Waals surface area contributed by atoms with Crippen LogP contribution in [0.3, 0.4) is 0 Å². The maximum absolute atomic E-state index is 2.47. The molecule has 0 amide bonds. The summed E-state index contributed by atoms with van der Waals surface area (Å²) in [7, 11) is 0. The number of aryl methyl sites for hydroxylation is 2. The Kier molecular flexibility index (Phi) is 8.98. The van der Waals surface area contributed by atoms with Gasteiger partial charge >= 0.3 is 0 Å². The topological polar surface area (TPSA) is 6.48 Å². The van der Waals surface area contributed by atoms with Crippen molar-refractivity contribution < 1.29 is 0 Å². The van der Waals surface area contributed by atoms with Gasteiger partial charge in [-0.25, -0.2) is 0 Å². The van der Waals surface area contributed by atoms with Crippen molar-refractivity contribution in [3.8, 4) is 22.3 Å². The summed E-state index contributed by atoms with van der Waals surface area (Å²) in [5, 5.41) is 12.2. The number of fused-ring (bicyclic) bond motifs is 2. The Balaban J connectivity index is 1.23. The third kappa shape index (κ3) is 6.51. The molecule has 12 aromatic carbocycles. The van der Waals surface area contributed by atoms with Crippen molar-refractivity contribution in [1.29, 1.82) is 0 Å². The van der Waals surface area contributed by atoms with Gasteiger partial charge in [-0.1, -0.05) is 157 Å². The molecule has 0 saturated carbocycles. The Morgan fingerprint density at radius 3 is 1.02 bits per heavy atom. The first-order chi connectivity index (χ1) is 31.5. The van der Waals surface area contributed by atoms with Crippen LogP contribution in [0, 0.1) is 13.8 Å². The fourth-order valence-electron chi connectivity index (χ4n) is 9.81. The molecule has 0 aromatic heterocycles. The van der Waals surface area contributed by atoms with Crippen LogP contribution in [0.5, 0.6) is 0 Å². The number of hydrogen-bond acceptors (Lipinski definition) is 2. The number of anilines is 6. The Bertz CT molecular complexity index is 3420. The molecule has 12 aromatic rings. The maximum atomic E-state index is 2.47. The number of hydrogen-bond donors (Lipinski definition) is 0. The van der Waals surface area contributed by atoms with E-state index in [1.165, 1.54) is 87.2 Å². The van der Waals surface area contributed by atoms with Gasteiger partial charge in [0.05, 0.1) is 11.4 Å². The molecule has 64 heavy (non-hydrogen) atoms. The Labute approximate surface area is 373 Å². The van der Waals surface area contributed by atoms with Crippen LogP contribution in [0.4, 0.5) is 34.1 Å². The summed E-state index contributed by atoms with van der Waals surface area (Å²) in [6.45, 7) is 4.32. The lowest BCUT2D eigenvalue weighted by Gasteiger charge is -2.31. The predicted octanol–water partition coefficient (Wildman–Crippen LogP) is 17.8. The summed E-state index contributed by atoms with van der Waals surface area (Å²) in [5.41, 5.74) is 13.9. The van der Waals surface area contributed by atoms with E-state index in [4.69, 9.17) is 0 Å². The summed E-state index contributed by atoms with van der Waals surface area (Å²) in [5.74, 6) is 0. The Hall–Kier alpha value is -8.20. The van der Waals surface area contributed by atoms with Gasteiger partial charge in [0.15, 0.2) is 0 Å². The van der Waals surface area contributed by atoms with E-state index in [0.29, 0.717) is 0 Å². The second-order valence-corrected chi connectivity index (χ2v) is 17.2. The van der Waals surface area contributed by atoms with Gasteiger partial charge in [0.1, 0.15) is 0 Å². The van der Waals surface area contributed by atoms with Gasteiger partial charge in [0.25, 0.3) is 0 Å². The summed E-state index contributed by atoms with van der Waals surface area (Å²) < 4.78 is 0. The fraction of sp³-hybridized carbons (Fsp3) is 0.0323. The van der Waals surface area contributed by atoms with E-state index >= 15 is 0 Å². The maximum Gasteiger partial charge on any atom is 0.0546 e. The first-order valence-corrected chi connectivity index (χ1v) is 22.2. The van der Waals surface area contributed by atoms with Gasteiger partial charge in [0, 0.05) is 33.5 Å².